The van der Waals surface area contributed by atoms with E-state index >= 15 is 0 Å². The van der Waals surface area contributed by atoms with E-state index in [0.717, 1.165) is 36.1 Å². The smallest absolute Gasteiger partial charge is 0.229 e. The summed E-state index contributed by atoms with van der Waals surface area (Å²) in [6, 6.07) is 12.2. The molecule has 5 nitrogen and oxygen atoms in total. The second-order valence-electron chi connectivity index (χ2n) is 7.21. The Morgan fingerprint density at radius 2 is 1.86 bits per heavy atom. The summed E-state index contributed by atoms with van der Waals surface area (Å²) in [5.41, 5.74) is 1.74. The van der Waals surface area contributed by atoms with Crippen LogP contribution in [0.3, 0.4) is 0 Å². The molecule has 0 radical (unpaired) electrons. The lowest BCUT2D eigenvalue weighted by Crippen LogP contribution is -2.28. The molecule has 2 aromatic carbocycles. The highest BCUT2D eigenvalue weighted by Crippen LogP contribution is 2.32. The van der Waals surface area contributed by atoms with Gasteiger partial charge in [-0.1, -0.05) is 12.1 Å². The van der Waals surface area contributed by atoms with E-state index in [1.807, 2.05) is 29.2 Å². The fourth-order valence-corrected chi connectivity index (χ4v) is 4.33. The number of carbonyl (C=O) groups is 2. The number of benzene rings is 2. The van der Waals surface area contributed by atoms with Crippen LogP contribution >= 0.6 is 15.9 Å². The van der Waals surface area contributed by atoms with E-state index in [2.05, 4.69) is 21.2 Å². The number of nitrogens with one attached hydrogen (secondary N) is 1. The minimum absolute atomic E-state index is 0.0948. The van der Waals surface area contributed by atoms with Crippen molar-refractivity contribution in [3.05, 3.63) is 52.8 Å². The van der Waals surface area contributed by atoms with Crippen molar-refractivity contribution in [1.82, 2.24) is 0 Å². The number of para-hydroxylation sites is 1. The van der Waals surface area contributed by atoms with E-state index in [0.29, 0.717) is 17.9 Å². The van der Waals surface area contributed by atoms with Gasteiger partial charge in [0.1, 0.15) is 5.82 Å². The third-order valence-electron chi connectivity index (χ3n) is 5.30. The van der Waals surface area contributed by atoms with Crippen molar-refractivity contribution in [3.8, 4) is 0 Å². The maximum absolute atomic E-state index is 14.5. The first-order chi connectivity index (χ1) is 13.5. The van der Waals surface area contributed by atoms with Gasteiger partial charge in [-0.2, -0.15) is 0 Å². The molecule has 146 valence electrons. The van der Waals surface area contributed by atoms with Crippen LogP contribution in [-0.4, -0.2) is 31.4 Å². The first-order valence-corrected chi connectivity index (χ1v) is 10.2. The summed E-state index contributed by atoms with van der Waals surface area (Å²) in [5, 5.41) is 2.76. The zero-order chi connectivity index (χ0) is 19.7. The van der Waals surface area contributed by atoms with Gasteiger partial charge in [-0.25, -0.2) is 4.39 Å². The van der Waals surface area contributed by atoms with Crippen molar-refractivity contribution < 1.29 is 14.0 Å². The normalized spacial score (nSPS) is 19.4. The molecule has 0 saturated carbocycles. The molecule has 0 bridgehead atoms. The Hall–Kier alpha value is -2.41. The molecule has 1 atom stereocenters. The molecule has 0 spiro atoms. The average Bonchev–Trinajstić information content (AvgIpc) is 3.32. The molecule has 2 aromatic rings. The molecule has 1 unspecified atom stereocenters. The van der Waals surface area contributed by atoms with Crippen molar-refractivity contribution >= 4 is 44.8 Å². The fourth-order valence-electron chi connectivity index (χ4n) is 3.83. The molecule has 28 heavy (non-hydrogen) atoms. The first kappa shape index (κ1) is 18.9. The second kappa shape index (κ2) is 7.91. The third kappa shape index (κ3) is 3.76. The Balaban J connectivity index is 1.43. The molecule has 2 fully saturated rings. The first-order valence-electron chi connectivity index (χ1n) is 9.43. The van der Waals surface area contributed by atoms with Crippen LogP contribution in [-0.2, 0) is 9.59 Å². The topological polar surface area (TPSA) is 52.7 Å². The highest BCUT2D eigenvalue weighted by molar-refractivity contribution is 9.10. The number of carbonyl (C=O) groups excluding carboxylic acids is 2. The summed E-state index contributed by atoms with van der Waals surface area (Å²) in [6.07, 6.45) is 2.28. The molecule has 2 aliphatic rings. The van der Waals surface area contributed by atoms with Gasteiger partial charge in [0.2, 0.25) is 11.8 Å². The Bertz CT molecular complexity index is 914. The maximum atomic E-state index is 14.5. The van der Waals surface area contributed by atoms with Gasteiger partial charge in [0.25, 0.3) is 0 Å². The highest BCUT2D eigenvalue weighted by atomic mass is 79.9. The van der Waals surface area contributed by atoms with Crippen LogP contribution in [0.1, 0.15) is 19.3 Å². The molecule has 0 aliphatic carbocycles. The van der Waals surface area contributed by atoms with Gasteiger partial charge >= 0.3 is 0 Å². The van der Waals surface area contributed by atoms with Gasteiger partial charge in [0.15, 0.2) is 0 Å². The standard InChI is InChI=1S/C21H21BrFN3O2/c22-16-5-1-2-6-18(16)26-13-14(11-20(26)27)21(28)24-15-7-8-19(17(23)12-15)25-9-3-4-10-25/h1-2,5-8,12,14H,3-4,9-11,13H2,(H,24,28). The van der Waals surface area contributed by atoms with Gasteiger partial charge in [-0.05, 0) is 59.1 Å². The molecule has 4 rings (SSSR count). The van der Waals surface area contributed by atoms with Crippen molar-refractivity contribution in [1.29, 1.82) is 0 Å². The van der Waals surface area contributed by atoms with Crippen LogP contribution in [0.5, 0.6) is 0 Å². The molecule has 0 aromatic heterocycles. The summed E-state index contributed by atoms with van der Waals surface area (Å²) in [5.74, 6) is -1.17. The lowest BCUT2D eigenvalue weighted by molar-refractivity contribution is -0.122. The van der Waals surface area contributed by atoms with E-state index in [9.17, 15) is 14.0 Å². The van der Waals surface area contributed by atoms with E-state index < -0.39 is 5.92 Å². The molecule has 2 saturated heterocycles. The zero-order valence-electron chi connectivity index (χ0n) is 15.3. The Labute approximate surface area is 171 Å². The quantitative estimate of drug-likeness (QED) is 0.767. The van der Waals surface area contributed by atoms with E-state index in [1.54, 1.807) is 17.0 Å². The number of amides is 2. The third-order valence-corrected chi connectivity index (χ3v) is 5.97. The summed E-state index contributed by atoms with van der Waals surface area (Å²) < 4.78 is 15.3. The SMILES string of the molecule is O=C(Nc1ccc(N2CCCC2)c(F)c1)C1CC(=O)N(c2ccccc2Br)C1. The van der Waals surface area contributed by atoms with Crippen LogP contribution in [0, 0.1) is 11.7 Å². The number of anilines is 3. The Kier molecular flexibility index (Phi) is 5.35. The summed E-state index contributed by atoms with van der Waals surface area (Å²) in [6.45, 7) is 2.02. The number of halogens is 2. The fraction of sp³-hybridized carbons (Fsp3) is 0.333. The molecule has 2 amide bonds. The van der Waals surface area contributed by atoms with Crippen molar-refractivity contribution in [2.75, 3.05) is 34.8 Å². The Morgan fingerprint density at radius 1 is 1.11 bits per heavy atom. The van der Waals surface area contributed by atoms with Crippen molar-refractivity contribution in [3.63, 3.8) is 0 Å². The van der Waals surface area contributed by atoms with Crippen molar-refractivity contribution in [2.45, 2.75) is 19.3 Å². The van der Waals surface area contributed by atoms with Crippen LogP contribution in [0.25, 0.3) is 0 Å². The van der Waals surface area contributed by atoms with Gasteiger partial charge in [-0.3, -0.25) is 9.59 Å². The minimum atomic E-state index is -0.471. The zero-order valence-corrected chi connectivity index (χ0v) is 16.9. The molecular weight excluding hydrogens is 425 g/mol. The second-order valence-corrected chi connectivity index (χ2v) is 8.06. The molecule has 2 aliphatic heterocycles. The number of rotatable bonds is 4. The number of hydrogen-bond acceptors (Lipinski definition) is 3. The van der Waals surface area contributed by atoms with Crippen molar-refractivity contribution in [2.24, 2.45) is 5.92 Å². The Morgan fingerprint density at radius 3 is 2.57 bits per heavy atom. The summed E-state index contributed by atoms with van der Waals surface area (Å²) in [4.78, 5) is 28.7. The average molecular weight is 446 g/mol. The van der Waals surface area contributed by atoms with Crippen LogP contribution in [0.4, 0.5) is 21.5 Å². The summed E-state index contributed by atoms with van der Waals surface area (Å²) in [7, 11) is 0. The molecule has 7 heteroatoms. The van der Waals surface area contributed by atoms with Gasteiger partial charge in [-0.15, -0.1) is 0 Å². The lowest BCUT2D eigenvalue weighted by atomic mass is 10.1. The van der Waals surface area contributed by atoms with Gasteiger partial charge in [0.05, 0.1) is 17.3 Å². The number of nitrogens with zero attached hydrogens (tertiary/aromatic N) is 2. The van der Waals surface area contributed by atoms with E-state index in [1.165, 1.54) is 6.07 Å². The largest absolute Gasteiger partial charge is 0.369 e. The lowest BCUT2D eigenvalue weighted by Gasteiger charge is -2.19. The number of hydrogen-bond donors (Lipinski definition) is 1. The predicted molar refractivity (Wildman–Crippen MR) is 111 cm³/mol. The molecule has 1 N–H and O–H groups in total. The van der Waals surface area contributed by atoms with Gasteiger partial charge in [0, 0.05) is 36.2 Å². The monoisotopic (exact) mass is 445 g/mol. The minimum Gasteiger partial charge on any atom is -0.369 e. The predicted octanol–water partition coefficient (Wildman–Crippen LogP) is 4.18. The van der Waals surface area contributed by atoms with Crippen LogP contribution < -0.4 is 15.1 Å². The van der Waals surface area contributed by atoms with E-state index in [4.69, 9.17) is 0 Å². The molecular formula is C21H21BrFN3O2. The van der Waals surface area contributed by atoms with Crippen LogP contribution in [0.2, 0.25) is 0 Å². The van der Waals surface area contributed by atoms with Crippen LogP contribution in [0.15, 0.2) is 46.9 Å². The molecule has 2 heterocycles. The van der Waals surface area contributed by atoms with Gasteiger partial charge < -0.3 is 15.1 Å². The highest BCUT2D eigenvalue weighted by Gasteiger charge is 2.35. The van der Waals surface area contributed by atoms with E-state index in [-0.39, 0.29) is 24.1 Å². The summed E-state index contributed by atoms with van der Waals surface area (Å²) >= 11 is 3.45. The maximum Gasteiger partial charge on any atom is 0.229 e.